The van der Waals surface area contributed by atoms with Gasteiger partial charge in [-0.05, 0) is 205 Å². The van der Waals surface area contributed by atoms with Crippen LogP contribution in [-0.2, 0) is 16.2 Å². The molecule has 0 spiro atoms. The second-order valence-corrected chi connectivity index (χ2v) is 39.0. The number of fused-ring (bicyclic) bond motifs is 7. The van der Waals surface area contributed by atoms with E-state index in [1.54, 1.807) is 0 Å². The van der Waals surface area contributed by atoms with Crippen LogP contribution in [0.5, 0.6) is 0 Å². The third-order valence-electron chi connectivity index (χ3n) is 24.3. The van der Waals surface area contributed by atoms with Gasteiger partial charge in [0.15, 0.2) is 8.07 Å². The summed E-state index contributed by atoms with van der Waals surface area (Å²) in [6, 6.07) is 134. The fourth-order valence-corrected chi connectivity index (χ4v) is 23.0. The molecule has 0 saturated heterocycles. The molecule has 0 amide bonds. The first kappa shape index (κ1) is 72.5. The van der Waals surface area contributed by atoms with Gasteiger partial charge in [0.25, 0.3) is 6.71 Å². The molecule has 3 nitrogen and oxygen atoms in total. The van der Waals surface area contributed by atoms with Crippen molar-refractivity contribution in [1.29, 1.82) is 0 Å². The second-order valence-electron chi connectivity index (χ2n) is 35.2. The van der Waals surface area contributed by atoms with E-state index in [9.17, 15) is 0 Å². The fourth-order valence-electron chi connectivity index (χ4n) is 18.2. The topological polar surface area (TPSA) is 11.4 Å². The molecule has 0 N–H and O–H groups in total. The summed E-state index contributed by atoms with van der Waals surface area (Å²) in [6.07, 6.45) is 0. The van der Waals surface area contributed by atoms with Gasteiger partial charge in [-0.2, -0.15) is 0 Å². The van der Waals surface area contributed by atoms with E-state index in [1.807, 2.05) is 0 Å². The predicted molar refractivity (Wildman–Crippen MR) is 490 cm³/mol. The van der Waals surface area contributed by atoms with Gasteiger partial charge in [-0.15, -0.1) is 0 Å². The molecule has 0 atom stereocenters. The first-order chi connectivity index (χ1) is 54.6. The number of rotatable bonds is 14. The fraction of sp³-hybridized carbons (Fsp3) is 0.167. The highest BCUT2D eigenvalue weighted by atomic mass is 28.3. The molecule has 1 aromatic heterocycles. The molecule has 2 aliphatic heterocycles. The van der Waals surface area contributed by atoms with Crippen LogP contribution in [0.2, 0.25) is 0 Å². The Kier molecular flexibility index (Phi) is 18.2. The molecule has 18 rings (SSSR count). The van der Waals surface area contributed by atoms with E-state index in [1.165, 1.54) is 143 Å². The molecule has 0 saturated carbocycles. The average Bonchev–Trinajstić information content (AvgIpc) is 0.872. The molecular weight excluding hydrogens is 1380 g/mol. The molecule has 0 fully saturated rings. The molecule has 0 unspecified atom stereocenters. The van der Waals surface area contributed by atoms with Crippen molar-refractivity contribution in [3.63, 3.8) is 0 Å². The van der Waals surface area contributed by atoms with Gasteiger partial charge in [0.1, 0.15) is 0 Å². The van der Waals surface area contributed by atoms with Crippen molar-refractivity contribution in [2.45, 2.75) is 118 Å². The number of benzene rings is 15. The van der Waals surface area contributed by atoms with Crippen molar-refractivity contribution in [3.8, 4) is 61.3 Å². The maximum atomic E-state index is 2.76. The lowest BCUT2D eigenvalue weighted by atomic mass is 9.33. The van der Waals surface area contributed by atoms with E-state index in [-0.39, 0.29) is 34.8 Å². The SMILES string of the molecule is CC(C)c1cc(-c2ccccc2)c(N2c3ccc(-c4ccc([Si](c5ccccc5)(c5ccccc5)c5ccccc5)cc4)cc3B3c4ccc(-n5c6ccc(C(C)(C)C)cc6c6cc(C(C)(C)C)ccc65)cc4N(c4c(-c5ccccc5)cc(C(C)C)cc4-c4ccccc4)c4cc(C(C)(C)C)cc2c43)c(-c2ccccc2)c1. The van der Waals surface area contributed by atoms with Crippen LogP contribution < -0.4 is 46.9 Å². The Labute approximate surface area is 670 Å². The van der Waals surface area contributed by atoms with Crippen LogP contribution in [0, 0.1) is 0 Å². The van der Waals surface area contributed by atoms with Gasteiger partial charge in [-0.25, -0.2) is 0 Å². The lowest BCUT2D eigenvalue weighted by Crippen LogP contribution is -2.74. The van der Waals surface area contributed by atoms with Gasteiger partial charge in [0.2, 0.25) is 0 Å². The minimum atomic E-state index is -2.87. The Morgan fingerprint density at radius 3 is 1.00 bits per heavy atom. The zero-order valence-electron chi connectivity index (χ0n) is 67.5. The Morgan fingerprint density at radius 1 is 0.274 bits per heavy atom. The molecule has 15 aromatic carbocycles. The number of anilines is 6. The van der Waals surface area contributed by atoms with E-state index in [2.05, 4.69) is 450 Å². The van der Waals surface area contributed by atoms with Crippen molar-refractivity contribution < 1.29 is 0 Å². The molecule has 5 heteroatoms. The highest BCUT2D eigenvalue weighted by molar-refractivity contribution is 7.20. The summed E-state index contributed by atoms with van der Waals surface area (Å²) in [4.78, 5) is 5.49. The summed E-state index contributed by atoms with van der Waals surface area (Å²) in [5, 5.41) is 7.93. The van der Waals surface area contributed by atoms with Crippen LogP contribution in [-0.4, -0.2) is 19.4 Å². The van der Waals surface area contributed by atoms with Crippen LogP contribution in [0.25, 0.3) is 83.1 Å². The zero-order chi connectivity index (χ0) is 77.8. The molecule has 2 aliphatic rings. The standard InChI is InChI=1S/C108H98BN3Si/c1-71(2)79-61-89(74-35-21-14-22-36-74)104(90(62-79)75-37-23-15-24-38-75)111-99-58-51-78(73-49-55-88(56-50-73)113(85-43-29-18-30-44-85,86-45-31-19-32-46-86)87-47-33-20-34-48-87)65-96(99)109-95-57-54-84(110-97-59-52-81(106(5,6)7)66-93(97)94-67-82(107(8,9)10)53-60-98(94)110)70-100(95)112(102-69-83(108(11,12)13)68-101(111)103(102)109)105-91(76-39-25-16-26-40-76)63-80(72(3)4)64-92(105)77-41-27-17-28-42-77/h14-72H,1-13H3. The molecule has 0 bridgehead atoms. The number of aromatic nitrogens is 1. The van der Waals surface area contributed by atoms with Gasteiger partial charge in [0, 0.05) is 61.5 Å². The number of nitrogens with zero attached hydrogens (tertiary/aromatic N) is 3. The van der Waals surface area contributed by atoms with Gasteiger partial charge in [0.05, 0.1) is 22.4 Å². The maximum Gasteiger partial charge on any atom is 0.252 e. The van der Waals surface area contributed by atoms with Gasteiger partial charge < -0.3 is 14.4 Å². The van der Waals surface area contributed by atoms with E-state index < -0.39 is 8.07 Å². The molecule has 0 aliphatic carbocycles. The Balaban J connectivity index is 0.988. The number of hydrogen-bond donors (Lipinski definition) is 0. The summed E-state index contributed by atoms with van der Waals surface area (Å²) in [7, 11) is -2.87. The largest absolute Gasteiger partial charge is 0.310 e. The van der Waals surface area contributed by atoms with Crippen molar-refractivity contribution in [1.82, 2.24) is 4.57 Å². The molecule has 552 valence electrons. The Hall–Kier alpha value is -12.0. The van der Waals surface area contributed by atoms with Crippen LogP contribution in [0.15, 0.2) is 346 Å². The minimum absolute atomic E-state index is 0.0632. The average molecular weight is 1480 g/mol. The lowest BCUT2D eigenvalue weighted by molar-refractivity contribution is 0.590. The molecule has 113 heavy (non-hydrogen) atoms. The quantitative estimate of drug-likeness (QED) is 0.0794. The molecule has 16 aromatic rings. The molecule has 3 heterocycles. The minimum Gasteiger partial charge on any atom is -0.310 e. The zero-order valence-corrected chi connectivity index (χ0v) is 68.5. The second kappa shape index (κ2) is 28.3. The Morgan fingerprint density at radius 2 is 0.628 bits per heavy atom. The van der Waals surface area contributed by atoms with E-state index >= 15 is 0 Å². The van der Waals surface area contributed by atoms with E-state index in [0.717, 1.165) is 39.7 Å². The van der Waals surface area contributed by atoms with Crippen molar-refractivity contribution in [2.24, 2.45) is 0 Å². The summed E-state index contributed by atoms with van der Waals surface area (Å²) < 4.78 is 2.58. The third kappa shape index (κ3) is 12.6. The van der Waals surface area contributed by atoms with Crippen LogP contribution in [0.4, 0.5) is 34.1 Å². The maximum absolute atomic E-state index is 2.87. The normalized spacial score (nSPS) is 12.9. The van der Waals surface area contributed by atoms with Gasteiger partial charge in [-0.3, -0.25) is 0 Å². The van der Waals surface area contributed by atoms with Crippen molar-refractivity contribution >= 4 is 108 Å². The lowest BCUT2D eigenvalue weighted by Gasteiger charge is -2.46. The first-order valence-electron chi connectivity index (χ1n) is 40.6. The predicted octanol–water partition coefficient (Wildman–Crippen LogP) is 24.7. The van der Waals surface area contributed by atoms with Gasteiger partial charge >= 0.3 is 0 Å². The summed E-state index contributed by atoms with van der Waals surface area (Å²) in [5.74, 6) is 0.484. The highest BCUT2D eigenvalue weighted by Gasteiger charge is 2.47. The summed E-state index contributed by atoms with van der Waals surface area (Å²) in [6.45, 7) is 30.4. The van der Waals surface area contributed by atoms with Gasteiger partial charge in [-0.1, -0.05) is 357 Å². The smallest absolute Gasteiger partial charge is 0.252 e. The third-order valence-corrected chi connectivity index (χ3v) is 29.1. The summed E-state index contributed by atoms with van der Waals surface area (Å²) in [5.41, 5.74) is 31.9. The van der Waals surface area contributed by atoms with Crippen molar-refractivity contribution in [2.75, 3.05) is 9.80 Å². The van der Waals surface area contributed by atoms with Crippen LogP contribution >= 0.6 is 0 Å². The molecule has 0 radical (unpaired) electrons. The van der Waals surface area contributed by atoms with E-state index in [0.29, 0.717) is 0 Å². The van der Waals surface area contributed by atoms with Crippen molar-refractivity contribution in [3.05, 3.63) is 374 Å². The Bertz CT molecular complexity index is 5980. The first-order valence-corrected chi connectivity index (χ1v) is 42.6. The number of hydrogen-bond acceptors (Lipinski definition) is 2. The molecular formula is C108H98BN3Si. The highest BCUT2D eigenvalue weighted by Crippen LogP contribution is 2.55. The summed E-state index contributed by atoms with van der Waals surface area (Å²) >= 11 is 0. The monoisotopic (exact) mass is 1480 g/mol. The van der Waals surface area contributed by atoms with Crippen LogP contribution in [0.1, 0.15) is 130 Å². The van der Waals surface area contributed by atoms with Crippen LogP contribution in [0.3, 0.4) is 0 Å². The van der Waals surface area contributed by atoms with E-state index in [4.69, 9.17) is 0 Å².